The Morgan fingerprint density at radius 1 is 1.50 bits per heavy atom. The van der Waals surface area contributed by atoms with Gasteiger partial charge in [-0.05, 0) is 44.0 Å². The first-order chi connectivity index (χ1) is 8.57. The Hall–Kier alpha value is -0.770. The number of benzene rings is 1. The SMILES string of the molecule is CCC1(C(=O)Nc2ccc(Cl)cc2Cl)CCCN1. The molecule has 18 heavy (non-hydrogen) atoms. The Kier molecular flexibility index (Phi) is 4.15. The largest absolute Gasteiger partial charge is 0.323 e. The van der Waals surface area contributed by atoms with E-state index in [-0.39, 0.29) is 5.91 Å². The number of rotatable bonds is 3. The first-order valence-corrected chi connectivity index (χ1v) is 6.84. The van der Waals surface area contributed by atoms with E-state index in [1.54, 1.807) is 18.2 Å². The predicted molar refractivity (Wildman–Crippen MR) is 75.4 cm³/mol. The van der Waals surface area contributed by atoms with Crippen LogP contribution in [0.3, 0.4) is 0 Å². The van der Waals surface area contributed by atoms with Gasteiger partial charge in [-0.15, -0.1) is 0 Å². The molecule has 5 heteroatoms. The van der Waals surface area contributed by atoms with E-state index < -0.39 is 5.54 Å². The van der Waals surface area contributed by atoms with Crippen molar-refractivity contribution >= 4 is 34.8 Å². The summed E-state index contributed by atoms with van der Waals surface area (Å²) in [7, 11) is 0. The minimum absolute atomic E-state index is 0.0216. The van der Waals surface area contributed by atoms with Crippen LogP contribution in [0.4, 0.5) is 5.69 Å². The summed E-state index contributed by atoms with van der Waals surface area (Å²) < 4.78 is 0. The van der Waals surface area contributed by atoms with E-state index in [0.717, 1.165) is 25.8 Å². The molecule has 0 radical (unpaired) electrons. The third kappa shape index (κ3) is 2.63. The normalized spacial score (nSPS) is 23.1. The Labute approximate surface area is 117 Å². The molecule has 1 unspecified atom stereocenters. The summed E-state index contributed by atoms with van der Waals surface area (Å²) in [5.74, 6) is -0.0216. The van der Waals surface area contributed by atoms with E-state index in [2.05, 4.69) is 10.6 Å². The number of halogens is 2. The zero-order valence-electron chi connectivity index (χ0n) is 10.2. The van der Waals surface area contributed by atoms with E-state index in [9.17, 15) is 4.79 Å². The summed E-state index contributed by atoms with van der Waals surface area (Å²) in [6.45, 7) is 2.90. The molecule has 2 N–H and O–H groups in total. The van der Waals surface area contributed by atoms with Crippen LogP contribution in [0.25, 0.3) is 0 Å². The second-order valence-corrected chi connectivity index (χ2v) is 5.39. The highest BCUT2D eigenvalue weighted by Crippen LogP contribution is 2.29. The molecule has 0 spiro atoms. The summed E-state index contributed by atoms with van der Waals surface area (Å²) in [6.07, 6.45) is 2.65. The number of hydrogen-bond acceptors (Lipinski definition) is 2. The highest BCUT2D eigenvalue weighted by molar-refractivity contribution is 6.36. The third-order valence-electron chi connectivity index (χ3n) is 3.46. The van der Waals surface area contributed by atoms with Gasteiger partial charge in [-0.25, -0.2) is 0 Å². The van der Waals surface area contributed by atoms with Crippen molar-refractivity contribution in [3.05, 3.63) is 28.2 Å². The van der Waals surface area contributed by atoms with Crippen LogP contribution in [0, 0.1) is 0 Å². The fourth-order valence-corrected chi connectivity index (χ4v) is 2.75. The maximum Gasteiger partial charge on any atom is 0.244 e. The molecule has 0 aliphatic carbocycles. The molecule has 1 aromatic rings. The molecule has 1 amide bonds. The monoisotopic (exact) mass is 286 g/mol. The van der Waals surface area contributed by atoms with Crippen molar-refractivity contribution < 1.29 is 4.79 Å². The molecule has 1 heterocycles. The summed E-state index contributed by atoms with van der Waals surface area (Å²) in [4.78, 5) is 12.3. The highest BCUT2D eigenvalue weighted by Gasteiger charge is 2.39. The van der Waals surface area contributed by atoms with E-state index in [1.165, 1.54) is 0 Å². The molecule has 1 saturated heterocycles. The molecule has 1 aromatic carbocycles. The maximum atomic E-state index is 12.3. The lowest BCUT2D eigenvalue weighted by atomic mass is 9.93. The first kappa shape index (κ1) is 13.7. The van der Waals surface area contributed by atoms with E-state index in [0.29, 0.717) is 15.7 Å². The van der Waals surface area contributed by atoms with Gasteiger partial charge in [0.15, 0.2) is 0 Å². The van der Waals surface area contributed by atoms with Crippen LogP contribution in [0.5, 0.6) is 0 Å². The summed E-state index contributed by atoms with van der Waals surface area (Å²) >= 11 is 11.9. The van der Waals surface area contributed by atoms with Gasteiger partial charge in [0.25, 0.3) is 0 Å². The van der Waals surface area contributed by atoms with Crippen LogP contribution in [-0.4, -0.2) is 18.0 Å². The quantitative estimate of drug-likeness (QED) is 0.893. The lowest BCUT2D eigenvalue weighted by Crippen LogP contribution is -2.50. The molecule has 98 valence electrons. The van der Waals surface area contributed by atoms with Gasteiger partial charge in [-0.2, -0.15) is 0 Å². The Bertz CT molecular complexity index is 456. The molecule has 1 aliphatic heterocycles. The van der Waals surface area contributed by atoms with Crippen LogP contribution in [0.1, 0.15) is 26.2 Å². The molecule has 0 bridgehead atoms. The number of carbonyl (C=O) groups excluding carboxylic acids is 1. The molecular weight excluding hydrogens is 271 g/mol. The third-order valence-corrected chi connectivity index (χ3v) is 4.01. The number of anilines is 1. The minimum atomic E-state index is -0.455. The number of hydrogen-bond donors (Lipinski definition) is 2. The second-order valence-electron chi connectivity index (χ2n) is 4.54. The zero-order valence-corrected chi connectivity index (χ0v) is 11.7. The average Bonchev–Trinajstić information content (AvgIpc) is 2.82. The molecule has 1 atom stereocenters. The second kappa shape index (κ2) is 5.47. The molecule has 0 saturated carbocycles. The van der Waals surface area contributed by atoms with Gasteiger partial charge in [-0.1, -0.05) is 30.1 Å². The van der Waals surface area contributed by atoms with Crippen molar-refractivity contribution in [1.82, 2.24) is 5.32 Å². The van der Waals surface area contributed by atoms with Crippen LogP contribution in [0.2, 0.25) is 10.0 Å². The highest BCUT2D eigenvalue weighted by atomic mass is 35.5. The van der Waals surface area contributed by atoms with Crippen molar-refractivity contribution in [2.75, 3.05) is 11.9 Å². The van der Waals surface area contributed by atoms with Crippen LogP contribution in [-0.2, 0) is 4.79 Å². The lowest BCUT2D eigenvalue weighted by molar-refractivity contribution is -0.122. The van der Waals surface area contributed by atoms with Gasteiger partial charge >= 0.3 is 0 Å². The van der Waals surface area contributed by atoms with Gasteiger partial charge < -0.3 is 10.6 Å². The fraction of sp³-hybridized carbons (Fsp3) is 0.462. The Morgan fingerprint density at radius 2 is 2.28 bits per heavy atom. The van der Waals surface area contributed by atoms with E-state index in [4.69, 9.17) is 23.2 Å². The van der Waals surface area contributed by atoms with Crippen LogP contribution >= 0.6 is 23.2 Å². The van der Waals surface area contributed by atoms with Gasteiger partial charge in [0.05, 0.1) is 16.2 Å². The molecule has 1 aliphatic rings. The fourth-order valence-electron chi connectivity index (χ4n) is 2.30. The van der Waals surface area contributed by atoms with Gasteiger partial charge in [0, 0.05) is 5.02 Å². The summed E-state index contributed by atoms with van der Waals surface area (Å²) in [6, 6.07) is 5.06. The molecule has 3 nitrogen and oxygen atoms in total. The molecule has 2 rings (SSSR count). The smallest absolute Gasteiger partial charge is 0.244 e. The molecule has 0 aromatic heterocycles. The van der Waals surface area contributed by atoms with Crippen molar-refractivity contribution in [2.24, 2.45) is 0 Å². The van der Waals surface area contributed by atoms with Gasteiger partial charge in [0.2, 0.25) is 5.91 Å². The Balaban J connectivity index is 2.15. The van der Waals surface area contributed by atoms with Crippen molar-refractivity contribution in [1.29, 1.82) is 0 Å². The number of nitrogens with one attached hydrogen (secondary N) is 2. The van der Waals surface area contributed by atoms with Crippen LogP contribution < -0.4 is 10.6 Å². The molecule has 1 fully saturated rings. The maximum absolute atomic E-state index is 12.3. The van der Waals surface area contributed by atoms with E-state index >= 15 is 0 Å². The van der Waals surface area contributed by atoms with Gasteiger partial charge in [-0.3, -0.25) is 4.79 Å². The standard InChI is InChI=1S/C13H16Cl2N2O/c1-2-13(6-3-7-16-13)12(18)17-11-5-4-9(14)8-10(11)15/h4-5,8,16H,2-3,6-7H2,1H3,(H,17,18). The van der Waals surface area contributed by atoms with Crippen molar-refractivity contribution in [2.45, 2.75) is 31.7 Å². The Morgan fingerprint density at radius 3 is 2.83 bits per heavy atom. The van der Waals surface area contributed by atoms with Crippen molar-refractivity contribution in [3.63, 3.8) is 0 Å². The average molecular weight is 287 g/mol. The topological polar surface area (TPSA) is 41.1 Å². The van der Waals surface area contributed by atoms with Crippen LogP contribution in [0.15, 0.2) is 18.2 Å². The zero-order chi connectivity index (χ0) is 13.2. The van der Waals surface area contributed by atoms with E-state index in [1.807, 2.05) is 6.92 Å². The first-order valence-electron chi connectivity index (χ1n) is 6.09. The number of carbonyl (C=O) groups is 1. The summed E-state index contributed by atoms with van der Waals surface area (Å²) in [5, 5.41) is 7.18. The summed E-state index contributed by atoms with van der Waals surface area (Å²) in [5.41, 5.74) is 0.149. The lowest BCUT2D eigenvalue weighted by Gasteiger charge is -2.26. The molecular formula is C13H16Cl2N2O. The predicted octanol–water partition coefficient (Wildman–Crippen LogP) is 3.46. The van der Waals surface area contributed by atoms with Crippen molar-refractivity contribution in [3.8, 4) is 0 Å². The number of amides is 1. The minimum Gasteiger partial charge on any atom is -0.323 e. The van der Waals surface area contributed by atoms with Gasteiger partial charge in [0.1, 0.15) is 0 Å².